The van der Waals surface area contributed by atoms with E-state index < -0.39 is 5.41 Å². The molecule has 0 aliphatic heterocycles. The van der Waals surface area contributed by atoms with E-state index in [1.807, 2.05) is 84.9 Å². The molecule has 0 heterocycles. The minimum Gasteiger partial charge on any atom is -0.507 e. The molecule has 0 fully saturated rings. The summed E-state index contributed by atoms with van der Waals surface area (Å²) < 4.78 is 0. The van der Waals surface area contributed by atoms with Gasteiger partial charge < -0.3 is 20.4 Å². The molecule has 4 rings (SSSR count). The molecule has 1 unspecified atom stereocenters. The molecule has 4 heteroatoms. The van der Waals surface area contributed by atoms with E-state index in [2.05, 4.69) is 26.0 Å². The molecule has 4 aromatic rings. The van der Waals surface area contributed by atoms with Crippen molar-refractivity contribution in [3.8, 4) is 23.0 Å². The number of phenolic OH excluding ortho intramolecular Hbond substituents is 4. The second-order valence-corrected chi connectivity index (χ2v) is 13.0. The van der Waals surface area contributed by atoms with Crippen molar-refractivity contribution in [2.24, 2.45) is 0 Å². The predicted molar refractivity (Wildman–Crippen MR) is 177 cm³/mol. The Balaban J connectivity index is 1.95. The molecule has 4 aromatic carbocycles. The largest absolute Gasteiger partial charge is 0.507 e. The van der Waals surface area contributed by atoms with Crippen molar-refractivity contribution in [3.63, 3.8) is 0 Å². The van der Waals surface area contributed by atoms with Gasteiger partial charge in [0.05, 0.1) is 0 Å². The molecule has 0 bridgehead atoms. The molecule has 0 saturated carbocycles. The Morgan fingerprint density at radius 1 is 0.535 bits per heavy atom. The first-order chi connectivity index (χ1) is 20.2. The number of aromatic hydroxyl groups is 4. The zero-order chi connectivity index (χ0) is 31.8. The molecule has 0 aliphatic carbocycles. The van der Waals surface area contributed by atoms with E-state index in [1.54, 1.807) is 0 Å². The number of phenols is 4. The van der Waals surface area contributed by atoms with Gasteiger partial charge in [-0.25, -0.2) is 0 Å². The normalized spacial score (nSPS) is 13.0. The third kappa shape index (κ3) is 6.39. The van der Waals surface area contributed by atoms with Crippen molar-refractivity contribution < 1.29 is 20.4 Å². The van der Waals surface area contributed by atoms with Crippen LogP contribution in [0, 0.1) is 55.4 Å². The molecule has 4 N–H and O–H groups in total. The van der Waals surface area contributed by atoms with Crippen LogP contribution in [0.15, 0.2) is 48.5 Å². The van der Waals surface area contributed by atoms with Crippen LogP contribution in [-0.2, 0) is 11.8 Å². The molecule has 43 heavy (non-hydrogen) atoms. The average molecular weight is 581 g/mol. The van der Waals surface area contributed by atoms with Gasteiger partial charge in [-0.3, -0.25) is 0 Å². The van der Waals surface area contributed by atoms with E-state index in [0.717, 1.165) is 73.2 Å². The quantitative estimate of drug-likeness (QED) is 0.159. The molecule has 0 saturated heterocycles. The SMILES string of the molecule is CCC(CCC(c1cc(C)cc(C)c1O)c1cc(C)cc(C)c1O)(Cc1cc(C)cc(C)c1O)c1cc(C)cc(C)c1O. The second kappa shape index (κ2) is 12.4. The lowest BCUT2D eigenvalue weighted by molar-refractivity contribution is 0.330. The van der Waals surface area contributed by atoms with Crippen LogP contribution >= 0.6 is 0 Å². The summed E-state index contributed by atoms with van der Waals surface area (Å²) in [4.78, 5) is 0. The molecule has 228 valence electrons. The summed E-state index contributed by atoms with van der Waals surface area (Å²) in [5.74, 6) is 0.790. The summed E-state index contributed by atoms with van der Waals surface area (Å²) in [6, 6.07) is 16.1. The maximum Gasteiger partial charge on any atom is 0.122 e. The highest BCUT2D eigenvalue weighted by atomic mass is 16.3. The highest BCUT2D eigenvalue weighted by Crippen LogP contribution is 2.49. The Hall–Kier alpha value is -3.92. The maximum absolute atomic E-state index is 11.5. The van der Waals surface area contributed by atoms with Gasteiger partial charge in [0.15, 0.2) is 0 Å². The van der Waals surface area contributed by atoms with Crippen LogP contribution in [0.1, 0.15) is 98.9 Å². The molecule has 1 atom stereocenters. The van der Waals surface area contributed by atoms with Crippen molar-refractivity contribution in [2.75, 3.05) is 0 Å². The minimum atomic E-state index is -0.528. The first-order valence-corrected chi connectivity index (χ1v) is 15.4. The third-order valence-corrected chi connectivity index (χ3v) is 9.36. The highest BCUT2D eigenvalue weighted by molar-refractivity contribution is 5.54. The minimum absolute atomic E-state index is 0.248. The van der Waals surface area contributed by atoms with Crippen LogP contribution in [0.4, 0.5) is 0 Å². The van der Waals surface area contributed by atoms with Crippen LogP contribution in [0.2, 0.25) is 0 Å². The van der Waals surface area contributed by atoms with Gasteiger partial charge in [-0.1, -0.05) is 77.7 Å². The number of hydrogen-bond donors (Lipinski definition) is 4. The van der Waals surface area contributed by atoms with E-state index >= 15 is 0 Å². The Morgan fingerprint density at radius 2 is 0.953 bits per heavy atom. The highest BCUT2D eigenvalue weighted by Gasteiger charge is 2.37. The Labute approximate surface area is 257 Å². The lowest BCUT2D eigenvalue weighted by Gasteiger charge is -2.37. The molecule has 0 spiro atoms. The van der Waals surface area contributed by atoms with Gasteiger partial charge in [-0.15, -0.1) is 0 Å². The number of hydrogen-bond acceptors (Lipinski definition) is 4. The van der Waals surface area contributed by atoms with Crippen molar-refractivity contribution in [2.45, 2.75) is 99.3 Å². The van der Waals surface area contributed by atoms with Gasteiger partial charge in [0.1, 0.15) is 23.0 Å². The summed E-state index contributed by atoms with van der Waals surface area (Å²) >= 11 is 0. The summed E-state index contributed by atoms with van der Waals surface area (Å²) in [6.45, 7) is 18.0. The summed E-state index contributed by atoms with van der Waals surface area (Å²) in [6.07, 6.45) is 2.52. The third-order valence-electron chi connectivity index (χ3n) is 9.36. The van der Waals surface area contributed by atoms with Gasteiger partial charge in [0.2, 0.25) is 0 Å². The number of rotatable bonds is 9. The average Bonchev–Trinajstić information content (AvgIpc) is 2.93. The van der Waals surface area contributed by atoms with E-state index in [1.165, 1.54) is 0 Å². The van der Waals surface area contributed by atoms with Crippen molar-refractivity contribution >= 4 is 0 Å². The van der Waals surface area contributed by atoms with Crippen LogP contribution in [0.5, 0.6) is 23.0 Å². The zero-order valence-electron chi connectivity index (χ0n) is 27.3. The van der Waals surface area contributed by atoms with Crippen LogP contribution < -0.4 is 0 Å². The Morgan fingerprint density at radius 3 is 1.44 bits per heavy atom. The number of aryl methyl sites for hydroxylation is 8. The van der Waals surface area contributed by atoms with Crippen molar-refractivity contribution in [3.05, 3.63) is 115 Å². The zero-order valence-corrected chi connectivity index (χ0v) is 27.3. The Kier molecular flexibility index (Phi) is 9.20. The maximum atomic E-state index is 11.5. The van der Waals surface area contributed by atoms with Gasteiger partial charge >= 0.3 is 0 Å². The number of benzene rings is 4. The summed E-state index contributed by atoms with van der Waals surface area (Å²) in [5, 5.41) is 45.5. The fourth-order valence-corrected chi connectivity index (χ4v) is 7.14. The summed E-state index contributed by atoms with van der Waals surface area (Å²) in [5.41, 5.74) is 10.3. The fourth-order valence-electron chi connectivity index (χ4n) is 7.14. The van der Waals surface area contributed by atoms with Crippen LogP contribution in [0.3, 0.4) is 0 Å². The van der Waals surface area contributed by atoms with Crippen LogP contribution in [0.25, 0.3) is 0 Å². The fraction of sp³-hybridized carbons (Fsp3) is 0.385. The predicted octanol–water partition coefficient (Wildman–Crippen LogP) is 9.48. The molecule has 0 amide bonds. The first-order valence-electron chi connectivity index (χ1n) is 15.4. The first kappa shape index (κ1) is 32.0. The van der Waals surface area contributed by atoms with E-state index in [9.17, 15) is 20.4 Å². The second-order valence-electron chi connectivity index (χ2n) is 13.0. The molecular formula is C39H48O4. The smallest absolute Gasteiger partial charge is 0.122 e. The molecule has 4 nitrogen and oxygen atoms in total. The van der Waals surface area contributed by atoms with E-state index in [4.69, 9.17) is 0 Å². The van der Waals surface area contributed by atoms with Crippen LogP contribution in [-0.4, -0.2) is 20.4 Å². The van der Waals surface area contributed by atoms with E-state index in [-0.39, 0.29) is 23.2 Å². The molecule has 0 radical (unpaired) electrons. The summed E-state index contributed by atoms with van der Waals surface area (Å²) in [7, 11) is 0. The lowest BCUT2D eigenvalue weighted by atomic mass is 9.67. The molecule has 0 aromatic heterocycles. The van der Waals surface area contributed by atoms with Gasteiger partial charge in [-0.05, 0) is 109 Å². The van der Waals surface area contributed by atoms with Gasteiger partial charge in [-0.2, -0.15) is 0 Å². The molecular weight excluding hydrogens is 532 g/mol. The van der Waals surface area contributed by atoms with Crippen molar-refractivity contribution in [1.82, 2.24) is 0 Å². The van der Waals surface area contributed by atoms with Gasteiger partial charge in [0, 0.05) is 28.0 Å². The Bertz CT molecular complexity index is 1610. The molecule has 0 aliphatic rings. The van der Waals surface area contributed by atoms with Gasteiger partial charge in [0.25, 0.3) is 0 Å². The monoisotopic (exact) mass is 580 g/mol. The van der Waals surface area contributed by atoms with Crippen molar-refractivity contribution in [1.29, 1.82) is 0 Å². The standard InChI is InChI=1S/C39H48O4/c1-10-39(34-20-25(5)16-29(9)38(34)43,21-30-17-22(2)13-26(6)35(30)40)12-11-31(32-18-23(3)14-27(7)36(32)41)33-19-24(4)15-28(8)37(33)42/h13-20,31,40-43H,10-12,21H2,1-9H3. The van der Waals surface area contributed by atoms with E-state index in [0.29, 0.717) is 25.0 Å². The topological polar surface area (TPSA) is 80.9 Å². The lowest BCUT2D eigenvalue weighted by Crippen LogP contribution is -2.30.